The van der Waals surface area contributed by atoms with Crippen molar-refractivity contribution in [2.75, 3.05) is 0 Å². The number of aliphatic hydroxyl groups is 1. The average Bonchev–Trinajstić information content (AvgIpc) is 2.80. The number of rotatable bonds is 3. The van der Waals surface area contributed by atoms with Crippen molar-refractivity contribution in [3.63, 3.8) is 0 Å². The third kappa shape index (κ3) is 2.54. The molecule has 2 aromatic rings. The van der Waals surface area contributed by atoms with Crippen molar-refractivity contribution in [2.45, 2.75) is 19.6 Å². The standard InChI is InChI=1S/C12H12BrClN2O/c1-2-16-11(5-6-15-16)12(17)8-3-4-9(13)10(14)7-8/h3-7,12,17H,2H2,1H3. The third-order valence-corrected chi connectivity index (χ3v) is 3.82. The van der Waals surface area contributed by atoms with Crippen LogP contribution in [0, 0.1) is 0 Å². The molecule has 1 aromatic carbocycles. The Balaban J connectivity index is 2.36. The molecule has 90 valence electrons. The van der Waals surface area contributed by atoms with Gasteiger partial charge in [0.05, 0.1) is 10.7 Å². The molecule has 0 saturated carbocycles. The summed E-state index contributed by atoms with van der Waals surface area (Å²) in [5, 5.41) is 15.0. The normalized spacial score (nSPS) is 12.7. The minimum Gasteiger partial charge on any atom is -0.382 e. The number of halogens is 2. The van der Waals surface area contributed by atoms with Gasteiger partial charge in [-0.3, -0.25) is 4.68 Å². The molecule has 0 spiro atoms. The van der Waals surface area contributed by atoms with E-state index in [4.69, 9.17) is 11.6 Å². The fourth-order valence-electron chi connectivity index (χ4n) is 1.69. The van der Waals surface area contributed by atoms with E-state index in [0.29, 0.717) is 5.02 Å². The zero-order chi connectivity index (χ0) is 12.4. The molecular weight excluding hydrogens is 304 g/mol. The van der Waals surface area contributed by atoms with Gasteiger partial charge >= 0.3 is 0 Å². The van der Waals surface area contributed by atoms with E-state index < -0.39 is 6.10 Å². The number of aryl methyl sites for hydroxylation is 1. The summed E-state index contributed by atoms with van der Waals surface area (Å²) in [7, 11) is 0. The van der Waals surface area contributed by atoms with E-state index in [9.17, 15) is 5.11 Å². The van der Waals surface area contributed by atoms with Crippen LogP contribution in [0.4, 0.5) is 0 Å². The van der Waals surface area contributed by atoms with Gasteiger partial charge in [0.25, 0.3) is 0 Å². The number of hydrogen-bond donors (Lipinski definition) is 1. The largest absolute Gasteiger partial charge is 0.382 e. The molecule has 17 heavy (non-hydrogen) atoms. The summed E-state index contributed by atoms with van der Waals surface area (Å²) in [6.07, 6.45) is 0.978. The quantitative estimate of drug-likeness (QED) is 0.942. The molecule has 0 saturated heterocycles. The Morgan fingerprint density at radius 3 is 2.88 bits per heavy atom. The summed E-state index contributed by atoms with van der Waals surface area (Å²) in [6.45, 7) is 2.71. The lowest BCUT2D eigenvalue weighted by Gasteiger charge is -2.13. The topological polar surface area (TPSA) is 38.0 Å². The summed E-state index contributed by atoms with van der Waals surface area (Å²) in [6, 6.07) is 7.23. The molecule has 0 aliphatic carbocycles. The molecule has 0 aliphatic rings. The van der Waals surface area contributed by atoms with Gasteiger partial charge in [0.15, 0.2) is 0 Å². The molecule has 2 rings (SSSR count). The van der Waals surface area contributed by atoms with Crippen LogP contribution in [-0.2, 0) is 6.54 Å². The molecule has 1 atom stereocenters. The van der Waals surface area contributed by atoms with E-state index in [2.05, 4.69) is 21.0 Å². The van der Waals surface area contributed by atoms with E-state index in [0.717, 1.165) is 22.3 Å². The molecule has 1 heterocycles. The van der Waals surface area contributed by atoms with Gasteiger partial charge in [-0.2, -0.15) is 5.10 Å². The lowest BCUT2D eigenvalue weighted by molar-refractivity contribution is 0.208. The lowest BCUT2D eigenvalue weighted by atomic mass is 10.1. The van der Waals surface area contributed by atoms with E-state index in [1.54, 1.807) is 16.9 Å². The summed E-state index contributed by atoms with van der Waals surface area (Å²) >= 11 is 9.34. The van der Waals surface area contributed by atoms with Crippen LogP contribution in [-0.4, -0.2) is 14.9 Å². The zero-order valence-corrected chi connectivity index (χ0v) is 11.6. The number of benzene rings is 1. The highest BCUT2D eigenvalue weighted by molar-refractivity contribution is 9.10. The Bertz CT molecular complexity index is 527. The van der Waals surface area contributed by atoms with Crippen molar-refractivity contribution in [3.8, 4) is 0 Å². The fourth-order valence-corrected chi connectivity index (χ4v) is 2.13. The second-order valence-electron chi connectivity index (χ2n) is 3.65. The molecule has 5 heteroatoms. The Hall–Kier alpha value is -0.840. The van der Waals surface area contributed by atoms with E-state index >= 15 is 0 Å². The molecule has 1 aromatic heterocycles. The number of hydrogen-bond acceptors (Lipinski definition) is 2. The predicted octanol–water partition coefficient (Wildman–Crippen LogP) is 3.40. The van der Waals surface area contributed by atoms with Gasteiger partial charge in [-0.05, 0) is 46.6 Å². The van der Waals surface area contributed by atoms with Crippen molar-refractivity contribution in [1.82, 2.24) is 9.78 Å². The van der Waals surface area contributed by atoms with E-state index in [1.807, 2.05) is 25.1 Å². The number of aromatic nitrogens is 2. The van der Waals surface area contributed by atoms with Gasteiger partial charge in [0, 0.05) is 17.2 Å². The van der Waals surface area contributed by atoms with Crippen LogP contribution in [0.3, 0.4) is 0 Å². The van der Waals surface area contributed by atoms with E-state index in [1.165, 1.54) is 0 Å². The van der Waals surface area contributed by atoms with Crippen LogP contribution >= 0.6 is 27.5 Å². The van der Waals surface area contributed by atoms with Crippen LogP contribution in [0.2, 0.25) is 5.02 Å². The first-order chi connectivity index (χ1) is 8.13. The molecule has 0 fully saturated rings. The first-order valence-electron chi connectivity index (χ1n) is 5.28. The second kappa shape index (κ2) is 5.21. The smallest absolute Gasteiger partial charge is 0.121 e. The van der Waals surface area contributed by atoms with Crippen molar-refractivity contribution >= 4 is 27.5 Å². The average molecular weight is 316 g/mol. The van der Waals surface area contributed by atoms with Crippen molar-refractivity contribution in [3.05, 3.63) is 51.2 Å². The maximum absolute atomic E-state index is 10.3. The van der Waals surface area contributed by atoms with Crippen LogP contribution in [0.5, 0.6) is 0 Å². The molecule has 0 aliphatic heterocycles. The summed E-state index contributed by atoms with van der Waals surface area (Å²) in [5.74, 6) is 0. The van der Waals surface area contributed by atoms with Crippen LogP contribution < -0.4 is 0 Å². The molecule has 0 radical (unpaired) electrons. The molecule has 1 unspecified atom stereocenters. The molecule has 1 N–H and O–H groups in total. The Labute approximate surface area is 113 Å². The lowest BCUT2D eigenvalue weighted by Crippen LogP contribution is -2.09. The third-order valence-electron chi connectivity index (χ3n) is 2.59. The van der Waals surface area contributed by atoms with Gasteiger partial charge in [0.2, 0.25) is 0 Å². The summed E-state index contributed by atoms with van der Waals surface area (Å²) in [5.41, 5.74) is 1.53. The van der Waals surface area contributed by atoms with Gasteiger partial charge < -0.3 is 5.11 Å². The Morgan fingerprint density at radius 2 is 2.24 bits per heavy atom. The van der Waals surface area contributed by atoms with E-state index in [-0.39, 0.29) is 0 Å². The van der Waals surface area contributed by atoms with Crippen LogP contribution in [0.25, 0.3) is 0 Å². The first kappa shape index (κ1) is 12.6. The van der Waals surface area contributed by atoms with Crippen molar-refractivity contribution in [2.24, 2.45) is 0 Å². The maximum atomic E-state index is 10.3. The zero-order valence-electron chi connectivity index (χ0n) is 9.27. The molecule has 0 amide bonds. The van der Waals surface area contributed by atoms with Gasteiger partial charge in [-0.1, -0.05) is 17.7 Å². The molecule has 0 bridgehead atoms. The van der Waals surface area contributed by atoms with Gasteiger partial charge in [-0.25, -0.2) is 0 Å². The highest BCUT2D eigenvalue weighted by Crippen LogP contribution is 2.28. The molecule has 3 nitrogen and oxygen atoms in total. The maximum Gasteiger partial charge on any atom is 0.121 e. The predicted molar refractivity (Wildman–Crippen MR) is 71.1 cm³/mol. The highest BCUT2D eigenvalue weighted by Gasteiger charge is 2.15. The highest BCUT2D eigenvalue weighted by atomic mass is 79.9. The fraction of sp³-hybridized carbons (Fsp3) is 0.250. The number of nitrogens with zero attached hydrogens (tertiary/aromatic N) is 2. The molecular formula is C12H12BrClN2O. The minimum atomic E-state index is -0.706. The Morgan fingerprint density at radius 1 is 1.47 bits per heavy atom. The summed E-state index contributed by atoms with van der Waals surface area (Å²) < 4.78 is 2.58. The van der Waals surface area contributed by atoms with Gasteiger partial charge in [0.1, 0.15) is 6.10 Å². The van der Waals surface area contributed by atoms with Crippen molar-refractivity contribution < 1.29 is 5.11 Å². The summed E-state index contributed by atoms with van der Waals surface area (Å²) in [4.78, 5) is 0. The SMILES string of the molecule is CCn1nccc1C(O)c1ccc(Br)c(Cl)c1. The van der Waals surface area contributed by atoms with Gasteiger partial charge in [-0.15, -0.1) is 0 Å². The minimum absolute atomic E-state index is 0.587. The first-order valence-corrected chi connectivity index (χ1v) is 6.45. The number of aliphatic hydroxyl groups excluding tert-OH is 1. The van der Waals surface area contributed by atoms with Crippen LogP contribution in [0.1, 0.15) is 24.3 Å². The Kier molecular flexibility index (Phi) is 3.86. The second-order valence-corrected chi connectivity index (χ2v) is 4.91. The van der Waals surface area contributed by atoms with Crippen molar-refractivity contribution in [1.29, 1.82) is 0 Å². The van der Waals surface area contributed by atoms with Crippen LogP contribution in [0.15, 0.2) is 34.9 Å². The monoisotopic (exact) mass is 314 g/mol.